The molecule has 0 aromatic heterocycles. The van der Waals surface area contributed by atoms with E-state index in [1.165, 1.54) is 263 Å². The zero-order chi connectivity index (χ0) is 55.7. The molecule has 0 amide bonds. The van der Waals surface area contributed by atoms with Gasteiger partial charge in [-0.25, -0.2) is 0 Å². The molecule has 0 saturated heterocycles. The lowest BCUT2D eigenvalue weighted by atomic mass is 10.0. The Labute approximate surface area is 480 Å². The highest BCUT2D eigenvalue weighted by atomic mass is 16.6. The quantitative estimate of drug-likeness (QED) is 0.0261. The third-order valence-electron chi connectivity index (χ3n) is 15.6. The van der Waals surface area contributed by atoms with Gasteiger partial charge in [-0.05, 0) is 57.8 Å². The molecule has 0 N–H and O–H groups in total. The molecule has 0 aromatic rings. The summed E-state index contributed by atoms with van der Waals surface area (Å²) in [5.74, 6) is -0.856. The number of hydrogen-bond acceptors (Lipinski definition) is 6. The van der Waals surface area contributed by atoms with Crippen molar-refractivity contribution in [3.05, 3.63) is 36.5 Å². The summed E-state index contributed by atoms with van der Waals surface area (Å²) in [5, 5.41) is 0. The van der Waals surface area contributed by atoms with Crippen molar-refractivity contribution in [3.8, 4) is 0 Å². The van der Waals surface area contributed by atoms with Gasteiger partial charge in [-0.1, -0.05) is 340 Å². The van der Waals surface area contributed by atoms with Crippen LogP contribution in [0.2, 0.25) is 0 Å². The van der Waals surface area contributed by atoms with Gasteiger partial charge in [-0.15, -0.1) is 0 Å². The van der Waals surface area contributed by atoms with Crippen LogP contribution in [-0.2, 0) is 28.6 Å². The molecule has 1 unspecified atom stereocenters. The summed E-state index contributed by atoms with van der Waals surface area (Å²) in [6.45, 7) is 6.61. The fraction of sp³-hybridized carbons (Fsp3) is 0.873. The Bertz CT molecular complexity index is 1290. The average Bonchev–Trinajstić information content (AvgIpc) is 3.43. The minimum atomic E-state index is -0.765. The summed E-state index contributed by atoms with van der Waals surface area (Å²) in [4.78, 5) is 38.0. The molecule has 6 nitrogen and oxygen atoms in total. The topological polar surface area (TPSA) is 78.9 Å². The minimum Gasteiger partial charge on any atom is -0.462 e. The van der Waals surface area contributed by atoms with E-state index in [0.29, 0.717) is 19.3 Å². The second-order valence-electron chi connectivity index (χ2n) is 23.5. The van der Waals surface area contributed by atoms with Gasteiger partial charge in [0.15, 0.2) is 6.10 Å². The Kier molecular flexibility index (Phi) is 64.1. The first kappa shape index (κ1) is 74.6. The number of carbonyl (C=O) groups is 3. The molecule has 0 aliphatic heterocycles. The van der Waals surface area contributed by atoms with E-state index in [2.05, 4.69) is 57.2 Å². The van der Waals surface area contributed by atoms with Gasteiger partial charge in [0, 0.05) is 19.3 Å². The predicted molar refractivity (Wildman–Crippen MR) is 335 cm³/mol. The molecule has 0 spiro atoms. The smallest absolute Gasteiger partial charge is 0.306 e. The molecule has 0 saturated carbocycles. The van der Waals surface area contributed by atoms with Gasteiger partial charge in [0.05, 0.1) is 0 Å². The summed E-state index contributed by atoms with van der Waals surface area (Å²) < 4.78 is 16.8. The SMILES string of the molecule is CCCCCCC/C=C\C/C=C\C/C=C\CCCCCCCCCCCCCCCCCCC(=O)OCC(COC(=O)CCCCCCC)OC(=O)CCCCCCCCCCCCCCCCCCCCCCCCC. The van der Waals surface area contributed by atoms with Crippen LogP contribution in [-0.4, -0.2) is 37.2 Å². The second-order valence-corrected chi connectivity index (χ2v) is 23.5. The standard InChI is InChI=1S/C71H132O6/c1-4-7-10-13-15-17-19-21-23-25-27-29-31-32-33-34-35-36-37-38-40-41-43-45-47-49-51-53-55-58-61-64-70(73)76-67-68(66-75-69(72)63-60-57-12-9-6-3)77-71(74)65-62-59-56-54-52-50-48-46-44-42-39-30-28-26-24-22-20-18-16-14-11-8-5-2/h19,21,25,27,31-32,68H,4-18,20,22-24,26,28-30,33-67H2,1-3H3/b21-19-,27-25-,32-31-. The molecule has 77 heavy (non-hydrogen) atoms. The van der Waals surface area contributed by atoms with E-state index in [4.69, 9.17) is 14.2 Å². The molecule has 0 aliphatic rings. The average molecular weight is 1080 g/mol. The van der Waals surface area contributed by atoms with Crippen molar-refractivity contribution in [2.75, 3.05) is 13.2 Å². The van der Waals surface area contributed by atoms with Crippen LogP contribution >= 0.6 is 0 Å². The molecular formula is C71H132O6. The van der Waals surface area contributed by atoms with Crippen molar-refractivity contribution in [1.82, 2.24) is 0 Å². The summed E-state index contributed by atoms with van der Waals surface area (Å²) in [5.41, 5.74) is 0. The molecule has 0 aromatic carbocycles. The number of rotatable bonds is 64. The summed E-state index contributed by atoms with van der Waals surface area (Å²) >= 11 is 0. The fourth-order valence-corrected chi connectivity index (χ4v) is 10.5. The van der Waals surface area contributed by atoms with E-state index >= 15 is 0 Å². The second kappa shape index (κ2) is 66.1. The Morgan fingerprint density at radius 1 is 0.260 bits per heavy atom. The van der Waals surface area contributed by atoms with Crippen LogP contribution in [0.25, 0.3) is 0 Å². The fourth-order valence-electron chi connectivity index (χ4n) is 10.5. The Balaban J connectivity index is 3.93. The lowest BCUT2D eigenvalue weighted by Crippen LogP contribution is -2.30. The van der Waals surface area contributed by atoms with Crippen LogP contribution in [0.4, 0.5) is 0 Å². The van der Waals surface area contributed by atoms with E-state index < -0.39 is 6.10 Å². The third-order valence-corrected chi connectivity index (χ3v) is 15.6. The first-order chi connectivity index (χ1) is 38.0. The van der Waals surface area contributed by atoms with Gasteiger partial charge < -0.3 is 14.2 Å². The van der Waals surface area contributed by atoms with Crippen molar-refractivity contribution in [3.63, 3.8) is 0 Å². The van der Waals surface area contributed by atoms with Crippen LogP contribution in [0.15, 0.2) is 36.5 Å². The van der Waals surface area contributed by atoms with Gasteiger partial charge in [-0.2, -0.15) is 0 Å². The Hall–Kier alpha value is -2.37. The normalized spacial score (nSPS) is 12.2. The van der Waals surface area contributed by atoms with Crippen molar-refractivity contribution in [2.24, 2.45) is 0 Å². The Morgan fingerprint density at radius 3 is 0.727 bits per heavy atom. The highest BCUT2D eigenvalue weighted by Crippen LogP contribution is 2.18. The van der Waals surface area contributed by atoms with Gasteiger partial charge >= 0.3 is 17.9 Å². The van der Waals surface area contributed by atoms with E-state index in [1.54, 1.807) is 0 Å². The number of hydrogen-bond donors (Lipinski definition) is 0. The maximum absolute atomic E-state index is 12.8. The van der Waals surface area contributed by atoms with Gasteiger partial charge in [0.1, 0.15) is 13.2 Å². The monoisotopic (exact) mass is 1080 g/mol. The van der Waals surface area contributed by atoms with Crippen molar-refractivity contribution in [1.29, 1.82) is 0 Å². The van der Waals surface area contributed by atoms with Gasteiger partial charge in [-0.3, -0.25) is 14.4 Å². The molecule has 0 aliphatic carbocycles. The predicted octanol–water partition coefficient (Wildman–Crippen LogP) is 23.6. The van der Waals surface area contributed by atoms with E-state index in [1.807, 2.05) is 0 Å². The summed E-state index contributed by atoms with van der Waals surface area (Å²) in [6, 6.07) is 0. The van der Waals surface area contributed by atoms with Gasteiger partial charge in [0.2, 0.25) is 0 Å². The number of ether oxygens (including phenoxy) is 3. The van der Waals surface area contributed by atoms with Gasteiger partial charge in [0.25, 0.3) is 0 Å². The van der Waals surface area contributed by atoms with Crippen LogP contribution in [0.3, 0.4) is 0 Å². The molecule has 0 bridgehead atoms. The van der Waals surface area contributed by atoms with Crippen LogP contribution in [0.1, 0.15) is 380 Å². The first-order valence-electron chi connectivity index (χ1n) is 34.5. The number of carbonyl (C=O) groups excluding carboxylic acids is 3. The molecule has 0 heterocycles. The maximum Gasteiger partial charge on any atom is 0.306 e. The summed E-state index contributed by atoms with van der Waals surface area (Å²) in [6.07, 6.45) is 82.3. The lowest BCUT2D eigenvalue weighted by Gasteiger charge is -2.18. The molecule has 0 rings (SSSR count). The summed E-state index contributed by atoms with van der Waals surface area (Å²) in [7, 11) is 0. The number of allylic oxidation sites excluding steroid dienone is 6. The van der Waals surface area contributed by atoms with E-state index in [0.717, 1.165) is 77.0 Å². The largest absolute Gasteiger partial charge is 0.462 e. The van der Waals surface area contributed by atoms with Crippen molar-refractivity contribution in [2.45, 2.75) is 386 Å². The molecule has 6 heteroatoms. The van der Waals surface area contributed by atoms with Crippen LogP contribution in [0.5, 0.6) is 0 Å². The highest BCUT2D eigenvalue weighted by Gasteiger charge is 2.19. The first-order valence-corrected chi connectivity index (χ1v) is 34.5. The molecule has 452 valence electrons. The molecule has 1 atom stereocenters. The zero-order valence-corrected chi connectivity index (χ0v) is 52.0. The van der Waals surface area contributed by atoms with Crippen molar-refractivity contribution < 1.29 is 28.6 Å². The minimum absolute atomic E-state index is 0.0669. The van der Waals surface area contributed by atoms with Crippen LogP contribution in [0, 0.1) is 0 Å². The molecule has 0 radical (unpaired) electrons. The third kappa shape index (κ3) is 64.3. The van der Waals surface area contributed by atoms with Crippen LogP contribution < -0.4 is 0 Å². The highest BCUT2D eigenvalue weighted by molar-refractivity contribution is 5.71. The molecule has 0 fully saturated rings. The maximum atomic E-state index is 12.8. The molecular weight excluding hydrogens is 949 g/mol. The zero-order valence-electron chi connectivity index (χ0n) is 52.0. The van der Waals surface area contributed by atoms with Crippen molar-refractivity contribution >= 4 is 17.9 Å². The van der Waals surface area contributed by atoms with E-state index in [9.17, 15) is 14.4 Å². The number of esters is 3. The number of unbranched alkanes of at least 4 members (excludes halogenated alkanes) is 47. The lowest BCUT2D eigenvalue weighted by molar-refractivity contribution is -0.167. The van der Waals surface area contributed by atoms with E-state index in [-0.39, 0.29) is 31.1 Å². The Morgan fingerprint density at radius 2 is 0.468 bits per heavy atom.